The lowest BCUT2D eigenvalue weighted by Crippen LogP contribution is -2.29. The first-order valence-corrected chi connectivity index (χ1v) is 7.25. The molecule has 0 atom stereocenters. The third-order valence-electron chi connectivity index (χ3n) is 3.09. The van der Waals surface area contributed by atoms with E-state index < -0.39 is 0 Å². The summed E-state index contributed by atoms with van der Waals surface area (Å²) in [6.07, 6.45) is 1.63. The average Bonchev–Trinajstić information content (AvgIpc) is 2.92. The second kappa shape index (κ2) is 4.96. The van der Waals surface area contributed by atoms with E-state index in [-0.39, 0.29) is 11.1 Å². The van der Waals surface area contributed by atoms with Crippen LogP contribution < -0.4 is 4.90 Å². The van der Waals surface area contributed by atoms with Gasteiger partial charge in [0.2, 0.25) is 5.76 Å². The maximum absolute atomic E-state index is 12.4. The average molecular weight is 304 g/mol. The number of hydrogen-bond donors (Lipinski definition) is 0. The monoisotopic (exact) mass is 304 g/mol. The zero-order chi connectivity index (χ0) is 14.3. The van der Waals surface area contributed by atoms with Crippen LogP contribution in [-0.4, -0.2) is 29.6 Å². The van der Waals surface area contributed by atoms with Gasteiger partial charge in [0.05, 0.1) is 5.69 Å². The van der Waals surface area contributed by atoms with Crippen molar-refractivity contribution in [3.63, 3.8) is 0 Å². The van der Waals surface area contributed by atoms with Crippen LogP contribution >= 0.6 is 24.0 Å². The van der Waals surface area contributed by atoms with E-state index in [1.165, 1.54) is 16.7 Å². The molecule has 2 heterocycles. The molecule has 1 fully saturated rings. The summed E-state index contributed by atoms with van der Waals surface area (Å²) in [4.78, 5) is 16.8. The molecule has 0 saturated carbocycles. The summed E-state index contributed by atoms with van der Waals surface area (Å²) < 4.78 is 5.50. The number of benzene rings is 1. The second-order valence-corrected chi connectivity index (χ2v) is 5.72. The molecule has 4 nitrogen and oxygen atoms in total. The number of anilines is 1. The van der Waals surface area contributed by atoms with Crippen molar-refractivity contribution in [3.05, 3.63) is 47.7 Å². The highest BCUT2D eigenvalue weighted by molar-refractivity contribution is 8.03. The number of rotatable bonds is 2. The quantitative estimate of drug-likeness (QED) is 0.476. The van der Waals surface area contributed by atoms with Gasteiger partial charge in [0.15, 0.2) is 0 Å². The number of hydrogen-bond acceptors (Lipinski definition) is 5. The summed E-state index contributed by atoms with van der Waals surface area (Å²) in [6, 6.07) is 7.97. The summed E-state index contributed by atoms with van der Waals surface area (Å²) in [5.41, 5.74) is 1.06. The molecular formula is C14H12N2O2S2. The van der Waals surface area contributed by atoms with Crippen molar-refractivity contribution in [1.82, 2.24) is 4.90 Å². The topological polar surface area (TPSA) is 32.8 Å². The Hall–Kier alpha value is -1.79. The molecule has 6 heteroatoms. The van der Waals surface area contributed by atoms with Gasteiger partial charge in [-0.25, -0.2) is 0 Å². The third kappa shape index (κ3) is 1.92. The highest BCUT2D eigenvalue weighted by atomic mass is 32.2. The summed E-state index contributed by atoms with van der Waals surface area (Å²) >= 11 is 6.61. The first-order chi connectivity index (χ1) is 9.63. The van der Waals surface area contributed by atoms with Gasteiger partial charge in [-0.3, -0.25) is 9.69 Å². The molecule has 0 bridgehead atoms. The Kier molecular flexibility index (Phi) is 3.27. The van der Waals surface area contributed by atoms with Crippen LogP contribution in [0.15, 0.2) is 52.6 Å². The molecule has 2 aliphatic heterocycles. The molecule has 1 aromatic rings. The van der Waals surface area contributed by atoms with Gasteiger partial charge in [-0.1, -0.05) is 30.0 Å². The maximum atomic E-state index is 12.4. The van der Waals surface area contributed by atoms with Crippen molar-refractivity contribution in [2.75, 3.05) is 18.5 Å². The SMILES string of the molecule is C=CCN1C(=O)/C(=C2/Sc3ccccc3N2C)OC1=S. The molecule has 1 amide bonds. The number of ether oxygens (including phenoxy) is 1. The molecule has 20 heavy (non-hydrogen) atoms. The highest BCUT2D eigenvalue weighted by Crippen LogP contribution is 2.47. The molecule has 2 aliphatic rings. The number of amides is 1. The number of thioether (sulfide) groups is 1. The molecule has 0 radical (unpaired) electrons. The fraction of sp³-hybridized carbons (Fsp3) is 0.143. The van der Waals surface area contributed by atoms with Crippen molar-refractivity contribution >= 4 is 40.7 Å². The van der Waals surface area contributed by atoms with Crippen LogP contribution in [0.1, 0.15) is 0 Å². The minimum atomic E-state index is -0.211. The van der Waals surface area contributed by atoms with Gasteiger partial charge in [-0.2, -0.15) is 0 Å². The minimum Gasteiger partial charge on any atom is -0.423 e. The molecular weight excluding hydrogens is 292 g/mol. The number of fused-ring (bicyclic) bond motifs is 1. The van der Waals surface area contributed by atoms with E-state index in [1.807, 2.05) is 36.2 Å². The van der Waals surface area contributed by atoms with E-state index >= 15 is 0 Å². The van der Waals surface area contributed by atoms with Crippen molar-refractivity contribution in [2.24, 2.45) is 0 Å². The summed E-state index contributed by atoms with van der Waals surface area (Å²) in [5.74, 6) is 0.0811. The fourth-order valence-corrected chi connectivity index (χ4v) is 3.48. The zero-order valence-electron chi connectivity index (χ0n) is 10.8. The standard InChI is InChI=1S/C14H12N2O2S2/c1-3-8-16-12(17)11(18-14(16)19)13-15(2)9-6-4-5-7-10(9)20-13/h3-7H,1,8H2,2H3/b13-11-. The van der Waals surface area contributed by atoms with Crippen LogP contribution in [-0.2, 0) is 9.53 Å². The minimum absolute atomic E-state index is 0.183. The van der Waals surface area contributed by atoms with E-state index in [0.29, 0.717) is 12.3 Å². The number of nitrogens with zero attached hydrogens (tertiary/aromatic N) is 2. The summed E-state index contributed by atoms with van der Waals surface area (Å²) in [6.45, 7) is 3.98. The van der Waals surface area contributed by atoms with E-state index in [0.717, 1.165) is 15.6 Å². The van der Waals surface area contributed by atoms with Crippen LogP contribution in [0, 0.1) is 0 Å². The Labute approximate surface area is 126 Å². The van der Waals surface area contributed by atoms with Gasteiger partial charge in [0.1, 0.15) is 5.03 Å². The number of para-hydroxylation sites is 1. The summed E-state index contributed by atoms with van der Waals surface area (Å²) in [5, 5.41) is 0.951. The molecule has 1 aromatic carbocycles. The van der Waals surface area contributed by atoms with Gasteiger partial charge in [-0.05, 0) is 24.4 Å². The Balaban J connectivity index is 2.00. The van der Waals surface area contributed by atoms with Crippen LogP contribution in [0.25, 0.3) is 0 Å². The van der Waals surface area contributed by atoms with Gasteiger partial charge < -0.3 is 9.64 Å². The van der Waals surface area contributed by atoms with Crippen LogP contribution in [0.2, 0.25) is 0 Å². The van der Waals surface area contributed by atoms with Gasteiger partial charge in [0.25, 0.3) is 11.1 Å². The van der Waals surface area contributed by atoms with E-state index in [1.54, 1.807) is 6.08 Å². The maximum Gasteiger partial charge on any atom is 0.300 e. The lowest BCUT2D eigenvalue weighted by molar-refractivity contribution is -0.122. The van der Waals surface area contributed by atoms with Gasteiger partial charge in [-0.15, -0.1) is 6.58 Å². The lowest BCUT2D eigenvalue weighted by atomic mass is 10.3. The number of thiocarbonyl (C=S) groups is 1. The van der Waals surface area contributed by atoms with E-state index in [2.05, 4.69) is 6.58 Å². The Bertz CT molecular complexity index is 654. The first kappa shape index (κ1) is 13.2. The molecule has 0 unspecified atom stereocenters. The van der Waals surface area contributed by atoms with Gasteiger partial charge in [0, 0.05) is 18.5 Å². The number of carbonyl (C=O) groups excluding carboxylic acids is 1. The molecule has 1 saturated heterocycles. The number of carbonyl (C=O) groups is 1. The molecule has 3 rings (SSSR count). The largest absolute Gasteiger partial charge is 0.423 e. The van der Waals surface area contributed by atoms with E-state index in [4.69, 9.17) is 17.0 Å². The van der Waals surface area contributed by atoms with Crippen molar-refractivity contribution in [2.45, 2.75) is 4.90 Å². The lowest BCUT2D eigenvalue weighted by Gasteiger charge is -2.13. The molecule has 0 spiro atoms. The van der Waals surface area contributed by atoms with E-state index in [9.17, 15) is 4.79 Å². The van der Waals surface area contributed by atoms with Crippen molar-refractivity contribution in [3.8, 4) is 0 Å². The first-order valence-electron chi connectivity index (χ1n) is 6.03. The third-order valence-corrected chi connectivity index (χ3v) is 4.61. The second-order valence-electron chi connectivity index (χ2n) is 4.34. The smallest absolute Gasteiger partial charge is 0.300 e. The molecule has 0 N–H and O–H groups in total. The Morgan fingerprint density at radius 3 is 2.90 bits per heavy atom. The molecule has 102 valence electrons. The van der Waals surface area contributed by atoms with Crippen molar-refractivity contribution in [1.29, 1.82) is 0 Å². The predicted molar refractivity (Wildman–Crippen MR) is 83.3 cm³/mol. The van der Waals surface area contributed by atoms with Gasteiger partial charge >= 0.3 is 0 Å². The zero-order valence-corrected chi connectivity index (χ0v) is 12.5. The normalized spacial score (nSPS) is 21.2. The Morgan fingerprint density at radius 1 is 1.45 bits per heavy atom. The van der Waals surface area contributed by atoms with Crippen LogP contribution in [0.3, 0.4) is 0 Å². The van der Waals surface area contributed by atoms with Crippen molar-refractivity contribution < 1.29 is 9.53 Å². The summed E-state index contributed by atoms with van der Waals surface area (Å²) in [7, 11) is 1.91. The highest BCUT2D eigenvalue weighted by Gasteiger charge is 2.38. The Morgan fingerprint density at radius 2 is 2.20 bits per heavy atom. The van der Waals surface area contributed by atoms with Crippen LogP contribution in [0.4, 0.5) is 5.69 Å². The fourth-order valence-electron chi connectivity index (χ4n) is 2.11. The predicted octanol–water partition coefficient (Wildman–Crippen LogP) is 2.73. The molecule has 0 aliphatic carbocycles. The molecule has 0 aromatic heterocycles. The van der Waals surface area contributed by atoms with Crippen LogP contribution in [0.5, 0.6) is 0 Å².